The van der Waals surface area contributed by atoms with Crippen LogP contribution in [0.1, 0.15) is 26.2 Å². The Balaban J connectivity index is 2.09. The number of nitrogens with two attached hydrogens (primary N) is 1. The maximum Gasteiger partial charge on any atom is 0.248 e. The van der Waals surface area contributed by atoms with Gasteiger partial charge in [0, 0.05) is 12.6 Å². The van der Waals surface area contributed by atoms with Crippen LogP contribution in [0.25, 0.3) is 0 Å². The van der Waals surface area contributed by atoms with Gasteiger partial charge in [0.15, 0.2) is 0 Å². The number of hydrogen-bond donors (Lipinski definition) is 2. The molecule has 1 amide bonds. The number of nitrogens with one attached hydrogen (secondary N) is 1. The number of hydrogen-bond acceptors (Lipinski definition) is 3. The Morgan fingerprint density at radius 3 is 2.94 bits per heavy atom. The lowest BCUT2D eigenvalue weighted by Crippen LogP contribution is -2.42. The molecule has 1 rings (SSSR count). The summed E-state index contributed by atoms with van der Waals surface area (Å²) in [6.07, 6.45) is 4.52. The minimum Gasteiger partial charge on any atom is -0.368 e. The van der Waals surface area contributed by atoms with Gasteiger partial charge in [-0.2, -0.15) is 0 Å². The van der Waals surface area contributed by atoms with Gasteiger partial charge in [0.1, 0.15) is 6.10 Å². The van der Waals surface area contributed by atoms with E-state index in [1.807, 2.05) is 0 Å². The van der Waals surface area contributed by atoms with Crippen molar-refractivity contribution in [1.82, 2.24) is 5.32 Å². The Morgan fingerprint density at radius 1 is 1.69 bits per heavy atom. The molecule has 0 heterocycles. The maximum absolute atomic E-state index is 11.6. The van der Waals surface area contributed by atoms with Gasteiger partial charge in [-0.3, -0.25) is 4.79 Å². The molecule has 0 aromatic rings. The lowest BCUT2D eigenvalue weighted by atomic mass is 10.2. The fourth-order valence-corrected chi connectivity index (χ4v) is 1.46. The summed E-state index contributed by atoms with van der Waals surface area (Å²) < 4.78 is 5.33. The first-order valence-corrected chi connectivity index (χ1v) is 5.91. The summed E-state index contributed by atoms with van der Waals surface area (Å²) >= 11 is 0. The number of carbonyl (C=O) groups excluding carboxylic acids is 1. The van der Waals surface area contributed by atoms with Crippen molar-refractivity contribution in [3.05, 3.63) is 12.7 Å². The van der Waals surface area contributed by atoms with Crippen LogP contribution in [0.5, 0.6) is 0 Å². The van der Waals surface area contributed by atoms with Crippen LogP contribution < -0.4 is 11.1 Å². The highest BCUT2D eigenvalue weighted by Crippen LogP contribution is 2.31. The van der Waals surface area contributed by atoms with Gasteiger partial charge in [-0.25, -0.2) is 0 Å². The first-order chi connectivity index (χ1) is 7.65. The summed E-state index contributed by atoms with van der Waals surface area (Å²) in [5.41, 5.74) is 5.88. The Hall–Kier alpha value is -0.870. The summed E-state index contributed by atoms with van der Waals surface area (Å²) in [7, 11) is 0. The highest BCUT2D eigenvalue weighted by molar-refractivity contribution is 5.80. The van der Waals surface area contributed by atoms with E-state index in [2.05, 4.69) is 11.9 Å². The predicted octanol–water partition coefficient (Wildman–Crippen LogP) is 0.821. The number of carbonyl (C=O) groups is 1. The lowest BCUT2D eigenvalue weighted by molar-refractivity contribution is -0.131. The van der Waals surface area contributed by atoms with Crippen LogP contribution in [0.3, 0.4) is 0 Å². The fourth-order valence-electron chi connectivity index (χ4n) is 1.46. The molecule has 0 aromatic carbocycles. The molecule has 4 heteroatoms. The third-order valence-electron chi connectivity index (χ3n) is 2.80. The minimum atomic E-state index is -0.411. The number of ether oxygens (including phenoxy) is 1. The van der Waals surface area contributed by atoms with Gasteiger partial charge in [-0.15, -0.1) is 6.58 Å². The van der Waals surface area contributed by atoms with E-state index in [0.717, 1.165) is 6.42 Å². The predicted molar refractivity (Wildman–Crippen MR) is 63.9 cm³/mol. The third-order valence-corrected chi connectivity index (χ3v) is 2.80. The number of amides is 1. The van der Waals surface area contributed by atoms with E-state index >= 15 is 0 Å². The zero-order valence-corrected chi connectivity index (χ0v) is 9.95. The van der Waals surface area contributed by atoms with Gasteiger partial charge >= 0.3 is 0 Å². The smallest absolute Gasteiger partial charge is 0.248 e. The molecule has 0 radical (unpaired) electrons. The van der Waals surface area contributed by atoms with Gasteiger partial charge in [0.2, 0.25) is 5.91 Å². The van der Waals surface area contributed by atoms with Crippen molar-refractivity contribution in [2.75, 3.05) is 13.2 Å². The Bertz CT molecular complexity index is 239. The summed E-state index contributed by atoms with van der Waals surface area (Å²) in [6.45, 7) is 6.43. The van der Waals surface area contributed by atoms with E-state index in [4.69, 9.17) is 10.5 Å². The van der Waals surface area contributed by atoms with Crippen molar-refractivity contribution in [2.24, 2.45) is 11.7 Å². The molecule has 1 aliphatic carbocycles. The van der Waals surface area contributed by atoms with Crippen LogP contribution in [0, 0.1) is 5.92 Å². The molecule has 0 aliphatic heterocycles. The van der Waals surface area contributed by atoms with Crippen LogP contribution in [-0.4, -0.2) is 31.2 Å². The quantitative estimate of drug-likeness (QED) is 0.476. The Kier molecular flexibility index (Phi) is 5.49. The second-order valence-electron chi connectivity index (χ2n) is 4.34. The molecule has 1 fully saturated rings. The van der Waals surface area contributed by atoms with Crippen molar-refractivity contribution in [2.45, 2.75) is 38.3 Å². The molecule has 3 N–H and O–H groups in total. The molecule has 1 saturated carbocycles. The molecular formula is C12H22N2O2. The highest BCUT2D eigenvalue weighted by Gasteiger charge is 2.28. The lowest BCUT2D eigenvalue weighted by Gasteiger charge is -2.15. The summed E-state index contributed by atoms with van der Waals surface area (Å²) in [5.74, 6) is 0.525. The van der Waals surface area contributed by atoms with Gasteiger partial charge in [-0.05, 0) is 32.1 Å². The topological polar surface area (TPSA) is 64.3 Å². The molecule has 4 nitrogen and oxygen atoms in total. The van der Waals surface area contributed by atoms with Gasteiger partial charge in [-0.1, -0.05) is 6.08 Å². The molecule has 0 aromatic heterocycles. The normalized spacial score (nSPS) is 18.9. The standard InChI is InChI=1S/C12H22N2O2/c1-3-4-7-16-9(2)12(15)14-8-11(13)10-5-6-10/h3,9-11H,1,4-8,13H2,2H3,(H,14,15). The van der Waals surface area contributed by atoms with E-state index in [0.29, 0.717) is 19.1 Å². The monoisotopic (exact) mass is 226 g/mol. The van der Waals surface area contributed by atoms with Crippen molar-refractivity contribution in [3.8, 4) is 0 Å². The molecule has 16 heavy (non-hydrogen) atoms. The van der Waals surface area contributed by atoms with E-state index in [9.17, 15) is 4.79 Å². The van der Waals surface area contributed by atoms with Crippen LogP contribution in [0.4, 0.5) is 0 Å². The summed E-state index contributed by atoms with van der Waals surface area (Å²) in [6, 6.07) is 0.101. The molecule has 2 unspecified atom stereocenters. The van der Waals surface area contributed by atoms with Crippen molar-refractivity contribution < 1.29 is 9.53 Å². The Labute approximate surface area is 97.2 Å². The molecule has 0 spiro atoms. The van der Waals surface area contributed by atoms with Gasteiger partial charge < -0.3 is 15.8 Å². The van der Waals surface area contributed by atoms with Crippen molar-refractivity contribution in [1.29, 1.82) is 0 Å². The molecule has 92 valence electrons. The Morgan fingerprint density at radius 2 is 2.38 bits per heavy atom. The van der Waals surface area contributed by atoms with Crippen LogP contribution >= 0.6 is 0 Å². The van der Waals surface area contributed by atoms with Crippen molar-refractivity contribution in [3.63, 3.8) is 0 Å². The zero-order valence-electron chi connectivity index (χ0n) is 9.95. The average Bonchev–Trinajstić information content (AvgIpc) is 3.09. The average molecular weight is 226 g/mol. The van der Waals surface area contributed by atoms with E-state index in [1.165, 1.54) is 12.8 Å². The van der Waals surface area contributed by atoms with Crippen molar-refractivity contribution >= 4 is 5.91 Å². The second kappa shape index (κ2) is 6.66. The fraction of sp³-hybridized carbons (Fsp3) is 0.750. The molecule has 1 aliphatic rings. The van der Waals surface area contributed by atoms with Crippen LogP contribution in [-0.2, 0) is 9.53 Å². The van der Waals surface area contributed by atoms with E-state index < -0.39 is 6.10 Å². The largest absolute Gasteiger partial charge is 0.368 e. The minimum absolute atomic E-state index is 0.0832. The van der Waals surface area contributed by atoms with E-state index in [-0.39, 0.29) is 11.9 Å². The van der Waals surface area contributed by atoms with Gasteiger partial charge in [0.25, 0.3) is 0 Å². The summed E-state index contributed by atoms with van der Waals surface area (Å²) in [5, 5.41) is 2.82. The third kappa shape index (κ3) is 4.77. The SMILES string of the molecule is C=CCCOC(C)C(=O)NCC(N)C1CC1. The highest BCUT2D eigenvalue weighted by atomic mass is 16.5. The molecule has 0 bridgehead atoms. The zero-order chi connectivity index (χ0) is 12.0. The van der Waals surface area contributed by atoms with Crippen LogP contribution in [0.2, 0.25) is 0 Å². The molecule has 0 saturated heterocycles. The second-order valence-corrected chi connectivity index (χ2v) is 4.34. The number of rotatable bonds is 8. The molecule has 2 atom stereocenters. The van der Waals surface area contributed by atoms with Gasteiger partial charge in [0.05, 0.1) is 6.61 Å². The maximum atomic E-state index is 11.6. The first-order valence-electron chi connectivity index (χ1n) is 5.91. The first kappa shape index (κ1) is 13.2. The summed E-state index contributed by atoms with van der Waals surface area (Å²) in [4.78, 5) is 11.6. The van der Waals surface area contributed by atoms with E-state index in [1.54, 1.807) is 13.0 Å². The van der Waals surface area contributed by atoms with Crippen LogP contribution in [0.15, 0.2) is 12.7 Å². The molecular weight excluding hydrogens is 204 g/mol.